The standard InChI is InChI=1S/C25H17N.C15H14/c1-3-11-19-17(9-1)18-10-2-4-12-20(18)25(19)21-13-5-7-15-23(21)26-24-16-8-6-14-22(24)25;1-12-7-3-5-9-14(12)11-15-10-6-4-8-13(15)2/h1-16,26H;3-11H,1H2,2H3/b;14-11-. The largest absolute Gasteiger partial charge is 0.355 e. The molecule has 0 radical (unpaired) electrons. The molecule has 1 aliphatic carbocycles. The van der Waals surface area contributed by atoms with Crippen LogP contribution in [0.2, 0.25) is 0 Å². The van der Waals surface area contributed by atoms with Crippen LogP contribution in [0.15, 0.2) is 146 Å². The van der Waals surface area contributed by atoms with Crippen molar-refractivity contribution in [3.63, 3.8) is 0 Å². The minimum absolute atomic E-state index is 0.258. The molecular formula is C40H31N. The second-order valence-corrected chi connectivity index (χ2v) is 10.8. The van der Waals surface area contributed by atoms with Gasteiger partial charge in [0.05, 0.1) is 5.41 Å². The molecule has 6 aromatic carbocycles. The van der Waals surface area contributed by atoms with E-state index in [-0.39, 0.29) is 5.41 Å². The van der Waals surface area contributed by atoms with E-state index in [0.717, 1.165) is 5.22 Å². The fourth-order valence-electron chi connectivity index (χ4n) is 6.54. The van der Waals surface area contributed by atoms with Gasteiger partial charge < -0.3 is 5.32 Å². The van der Waals surface area contributed by atoms with E-state index in [2.05, 4.69) is 152 Å². The molecule has 0 unspecified atom stereocenters. The van der Waals surface area contributed by atoms with Gasteiger partial charge in [-0.15, -0.1) is 0 Å². The second kappa shape index (κ2) is 10.1. The number of nitrogens with one attached hydrogen (secondary N) is 1. The molecule has 8 rings (SSSR count). The van der Waals surface area contributed by atoms with Crippen LogP contribution in [0.25, 0.3) is 23.8 Å². The Bertz CT molecular complexity index is 1920. The molecule has 0 saturated carbocycles. The molecule has 0 amide bonds. The number of rotatable bonds is 1. The van der Waals surface area contributed by atoms with E-state index >= 15 is 0 Å². The van der Waals surface area contributed by atoms with Gasteiger partial charge in [-0.3, -0.25) is 0 Å². The smallest absolute Gasteiger partial charge is 0.0753 e. The third-order valence-corrected chi connectivity index (χ3v) is 8.44. The van der Waals surface area contributed by atoms with E-state index in [1.165, 1.54) is 61.1 Å². The van der Waals surface area contributed by atoms with Crippen LogP contribution in [-0.4, -0.2) is 0 Å². The van der Waals surface area contributed by atoms with E-state index in [1.807, 2.05) is 18.2 Å². The van der Waals surface area contributed by atoms with Gasteiger partial charge >= 0.3 is 0 Å². The zero-order valence-corrected chi connectivity index (χ0v) is 23.1. The summed E-state index contributed by atoms with van der Waals surface area (Å²) in [5, 5.41) is 5.91. The predicted octanol–water partition coefficient (Wildman–Crippen LogP) is 8.34. The molecule has 1 heteroatoms. The molecule has 2 aliphatic rings. The van der Waals surface area contributed by atoms with Crippen LogP contribution in [0.5, 0.6) is 0 Å². The zero-order valence-electron chi connectivity index (χ0n) is 23.1. The molecule has 1 nitrogen and oxygen atoms in total. The van der Waals surface area contributed by atoms with Crippen LogP contribution < -0.4 is 15.8 Å². The fourth-order valence-corrected chi connectivity index (χ4v) is 6.54. The highest BCUT2D eigenvalue weighted by Gasteiger charge is 2.49. The van der Waals surface area contributed by atoms with E-state index in [1.54, 1.807) is 0 Å². The van der Waals surface area contributed by atoms with Crippen LogP contribution in [0.3, 0.4) is 0 Å². The average molecular weight is 526 g/mol. The Hall–Kier alpha value is -5.14. The third kappa shape index (κ3) is 4.01. The van der Waals surface area contributed by atoms with E-state index in [4.69, 9.17) is 0 Å². The van der Waals surface area contributed by atoms with Crippen molar-refractivity contribution in [3.8, 4) is 11.1 Å². The molecule has 1 aliphatic heterocycles. The highest BCUT2D eigenvalue weighted by atomic mass is 14.9. The Morgan fingerprint density at radius 1 is 0.512 bits per heavy atom. The first-order chi connectivity index (χ1) is 20.2. The lowest BCUT2D eigenvalue weighted by molar-refractivity contribution is 0.763. The van der Waals surface area contributed by atoms with Crippen molar-refractivity contribution in [2.24, 2.45) is 0 Å². The van der Waals surface area contributed by atoms with E-state index in [0.29, 0.717) is 0 Å². The monoisotopic (exact) mass is 525 g/mol. The summed E-state index contributed by atoms with van der Waals surface area (Å²) < 4.78 is 0. The molecule has 0 saturated heterocycles. The van der Waals surface area contributed by atoms with Gasteiger partial charge in [-0.25, -0.2) is 0 Å². The Morgan fingerprint density at radius 2 is 0.976 bits per heavy atom. The first-order valence-corrected chi connectivity index (χ1v) is 14.1. The normalized spacial score (nSPS) is 13.6. The summed E-state index contributed by atoms with van der Waals surface area (Å²) in [5.41, 5.74) is 12.8. The molecule has 0 aromatic heterocycles. The lowest BCUT2D eigenvalue weighted by Crippen LogP contribution is -2.33. The number of fused-ring (bicyclic) bond motifs is 9. The average Bonchev–Trinajstić information content (AvgIpc) is 3.31. The summed E-state index contributed by atoms with van der Waals surface area (Å²) in [6.45, 7) is 6.14. The van der Waals surface area contributed by atoms with Crippen molar-refractivity contribution >= 4 is 24.0 Å². The van der Waals surface area contributed by atoms with Gasteiger partial charge in [0.25, 0.3) is 0 Å². The minimum Gasteiger partial charge on any atom is -0.355 e. The maximum atomic E-state index is 4.02. The highest BCUT2D eigenvalue weighted by molar-refractivity contribution is 5.92. The molecule has 41 heavy (non-hydrogen) atoms. The van der Waals surface area contributed by atoms with E-state index in [9.17, 15) is 0 Å². The molecular weight excluding hydrogens is 494 g/mol. The van der Waals surface area contributed by atoms with Gasteiger partial charge in [0.15, 0.2) is 0 Å². The van der Waals surface area contributed by atoms with Crippen molar-refractivity contribution in [2.75, 3.05) is 5.32 Å². The quantitative estimate of drug-likeness (QED) is 0.227. The van der Waals surface area contributed by atoms with Gasteiger partial charge in [-0.2, -0.15) is 0 Å². The topological polar surface area (TPSA) is 12.0 Å². The SMILES string of the molecule is C=c1cccc/c1=C/c1ccccc1C.c1ccc2c(c1)Nc1ccccc1C21c2ccccc2-c2ccccc21. The number of hydrogen-bond acceptors (Lipinski definition) is 1. The molecule has 1 heterocycles. The van der Waals surface area contributed by atoms with Gasteiger partial charge in [0.2, 0.25) is 0 Å². The predicted molar refractivity (Wildman–Crippen MR) is 173 cm³/mol. The molecule has 1 spiro atoms. The second-order valence-electron chi connectivity index (χ2n) is 10.8. The molecule has 0 fully saturated rings. The molecule has 1 N–H and O–H groups in total. The van der Waals surface area contributed by atoms with Crippen molar-refractivity contribution in [1.29, 1.82) is 0 Å². The lowest BCUT2D eigenvalue weighted by Gasteiger charge is -2.40. The summed E-state index contributed by atoms with van der Waals surface area (Å²) in [4.78, 5) is 0. The summed E-state index contributed by atoms with van der Waals surface area (Å²) in [6.07, 6.45) is 2.18. The Labute approximate surface area is 241 Å². The maximum Gasteiger partial charge on any atom is 0.0753 e. The van der Waals surface area contributed by atoms with Crippen molar-refractivity contribution in [1.82, 2.24) is 0 Å². The Kier molecular flexibility index (Phi) is 6.14. The number of benzene rings is 6. The van der Waals surface area contributed by atoms with Crippen molar-refractivity contribution in [3.05, 3.63) is 189 Å². The first kappa shape index (κ1) is 24.9. The maximum absolute atomic E-state index is 4.02. The zero-order chi connectivity index (χ0) is 27.8. The summed E-state index contributed by atoms with van der Waals surface area (Å²) >= 11 is 0. The minimum atomic E-state index is -0.258. The van der Waals surface area contributed by atoms with Gasteiger partial charge in [-0.05, 0) is 80.1 Å². The van der Waals surface area contributed by atoms with E-state index < -0.39 is 0 Å². The van der Waals surface area contributed by atoms with Gasteiger partial charge in [0, 0.05) is 11.4 Å². The Balaban J connectivity index is 0.000000158. The molecule has 0 bridgehead atoms. The van der Waals surface area contributed by atoms with Gasteiger partial charge in [-0.1, -0.05) is 140 Å². The molecule has 6 aromatic rings. The van der Waals surface area contributed by atoms with Crippen LogP contribution in [-0.2, 0) is 5.41 Å². The van der Waals surface area contributed by atoms with Crippen LogP contribution in [0, 0.1) is 6.92 Å². The summed E-state index contributed by atoms with van der Waals surface area (Å²) in [7, 11) is 0. The first-order valence-electron chi connectivity index (χ1n) is 14.1. The van der Waals surface area contributed by atoms with Crippen LogP contribution in [0.1, 0.15) is 33.4 Å². The van der Waals surface area contributed by atoms with Crippen molar-refractivity contribution in [2.45, 2.75) is 12.3 Å². The lowest BCUT2D eigenvalue weighted by atomic mass is 9.65. The molecule has 196 valence electrons. The van der Waals surface area contributed by atoms with Crippen molar-refractivity contribution < 1.29 is 0 Å². The summed E-state index contributed by atoms with van der Waals surface area (Å²) in [6, 6.07) is 51.7. The number of hydrogen-bond donors (Lipinski definition) is 1. The number of aryl methyl sites for hydroxylation is 1. The Morgan fingerprint density at radius 3 is 1.56 bits per heavy atom. The summed E-state index contributed by atoms with van der Waals surface area (Å²) in [5.74, 6) is 0. The highest BCUT2D eigenvalue weighted by Crippen LogP contribution is 2.60. The fraction of sp³-hybridized carbons (Fsp3) is 0.0500. The van der Waals surface area contributed by atoms with Gasteiger partial charge in [0.1, 0.15) is 0 Å². The third-order valence-electron chi connectivity index (χ3n) is 8.44. The number of anilines is 2. The van der Waals surface area contributed by atoms with Crippen LogP contribution >= 0.6 is 0 Å². The number of para-hydroxylation sites is 2. The van der Waals surface area contributed by atoms with Crippen LogP contribution in [0.4, 0.5) is 11.4 Å². The molecule has 0 atom stereocenters.